The number of carboxylic acids is 1. The fraction of sp³-hybridized carbons (Fsp3) is 0.857. The molecule has 1 aliphatic carbocycles. The van der Waals surface area contributed by atoms with Gasteiger partial charge < -0.3 is 5.11 Å². The number of carbonyl (C=O) groups is 1. The lowest BCUT2D eigenvalue weighted by Crippen LogP contribution is -2.08. The Morgan fingerprint density at radius 2 is 1.39 bits per heavy atom. The predicted molar refractivity (Wildman–Crippen MR) is 98.7 cm³/mol. The van der Waals surface area contributed by atoms with Gasteiger partial charge in [0, 0.05) is 6.42 Å². The molecule has 1 N–H and O–H groups in total. The molecule has 2 nitrogen and oxygen atoms in total. The molecule has 0 heterocycles. The van der Waals surface area contributed by atoms with Crippen molar-refractivity contribution in [2.24, 2.45) is 11.8 Å². The number of aliphatic carboxylic acids is 1. The summed E-state index contributed by atoms with van der Waals surface area (Å²) < 4.78 is 0. The second kappa shape index (κ2) is 13.6. The number of carboxylic acid groups (broad SMARTS) is 1. The highest BCUT2D eigenvalue weighted by Gasteiger charge is 2.25. The highest BCUT2D eigenvalue weighted by molar-refractivity contribution is 5.66. The standard InChI is InChI=1S/C21H38O2/c1-2-3-4-5-6-7-10-14-19-16-13-17-20(19)15-11-8-9-12-18-21(22)23/h2,19-20H,1,3-18H2,(H,22,23). The molecule has 0 saturated heterocycles. The van der Waals surface area contributed by atoms with Gasteiger partial charge in [-0.25, -0.2) is 0 Å². The van der Waals surface area contributed by atoms with Gasteiger partial charge in [0.25, 0.3) is 0 Å². The summed E-state index contributed by atoms with van der Waals surface area (Å²) in [5.41, 5.74) is 0. The smallest absolute Gasteiger partial charge is 0.303 e. The Bertz CT molecular complexity index is 311. The SMILES string of the molecule is C=CCCCCCCCC1CCCC1CCCCCCC(=O)O. The average Bonchev–Trinajstić information content (AvgIpc) is 2.97. The molecule has 1 saturated carbocycles. The second-order valence-corrected chi connectivity index (χ2v) is 7.43. The van der Waals surface area contributed by atoms with Gasteiger partial charge in [0.05, 0.1) is 0 Å². The third-order valence-corrected chi connectivity index (χ3v) is 5.52. The first kappa shape index (κ1) is 20.3. The Balaban J connectivity index is 1.98. The molecule has 0 radical (unpaired) electrons. The molecule has 0 aromatic rings. The molecule has 0 bridgehead atoms. The van der Waals surface area contributed by atoms with E-state index in [2.05, 4.69) is 6.58 Å². The maximum absolute atomic E-state index is 10.5. The van der Waals surface area contributed by atoms with Crippen molar-refractivity contribution in [1.29, 1.82) is 0 Å². The third-order valence-electron chi connectivity index (χ3n) is 5.52. The lowest BCUT2D eigenvalue weighted by molar-refractivity contribution is -0.137. The third kappa shape index (κ3) is 10.6. The van der Waals surface area contributed by atoms with Crippen LogP contribution in [0.5, 0.6) is 0 Å². The van der Waals surface area contributed by atoms with Gasteiger partial charge in [-0.15, -0.1) is 6.58 Å². The van der Waals surface area contributed by atoms with E-state index in [9.17, 15) is 4.79 Å². The molecular weight excluding hydrogens is 284 g/mol. The van der Waals surface area contributed by atoms with Gasteiger partial charge in [-0.05, 0) is 31.1 Å². The van der Waals surface area contributed by atoms with E-state index in [4.69, 9.17) is 5.11 Å². The van der Waals surface area contributed by atoms with Gasteiger partial charge in [0.15, 0.2) is 0 Å². The highest BCUT2D eigenvalue weighted by atomic mass is 16.4. The fourth-order valence-corrected chi connectivity index (χ4v) is 4.14. The molecule has 2 atom stereocenters. The quantitative estimate of drug-likeness (QED) is 0.267. The van der Waals surface area contributed by atoms with E-state index in [1.165, 1.54) is 83.5 Å². The molecular formula is C21H38O2. The van der Waals surface area contributed by atoms with Crippen LogP contribution in [0.3, 0.4) is 0 Å². The van der Waals surface area contributed by atoms with Crippen LogP contribution in [0.1, 0.15) is 103 Å². The average molecular weight is 323 g/mol. The summed E-state index contributed by atoms with van der Waals surface area (Å²) in [6.45, 7) is 3.78. The summed E-state index contributed by atoms with van der Waals surface area (Å²) in [6, 6.07) is 0. The summed E-state index contributed by atoms with van der Waals surface area (Å²) in [5, 5.41) is 8.64. The van der Waals surface area contributed by atoms with Gasteiger partial charge in [0.2, 0.25) is 0 Å². The summed E-state index contributed by atoms with van der Waals surface area (Å²) in [6.07, 6.45) is 22.1. The zero-order chi connectivity index (χ0) is 16.8. The zero-order valence-electron chi connectivity index (χ0n) is 15.1. The number of allylic oxidation sites excluding steroid dienone is 1. The Morgan fingerprint density at radius 3 is 1.96 bits per heavy atom. The normalized spacial score (nSPS) is 20.7. The first-order chi connectivity index (χ1) is 11.2. The molecule has 23 heavy (non-hydrogen) atoms. The van der Waals surface area contributed by atoms with Crippen LogP contribution in [0, 0.1) is 11.8 Å². The maximum atomic E-state index is 10.5. The summed E-state index contributed by atoms with van der Waals surface area (Å²) in [5.74, 6) is 1.31. The Hall–Kier alpha value is -0.790. The van der Waals surface area contributed by atoms with Crippen LogP contribution < -0.4 is 0 Å². The molecule has 2 heteroatoms. The number of rotatable bonds is 15. The molecule has 2 unspecified atom stereocenters. The van der Waals surface area contributed by atoms with Crippen molar-refractivity contribution < 1.29 is 9.90 Å². The lowest BCUT2D eigenvalue weighted by Gasteiger charge is -2.19. The van der Waals surface area contributed by atoms with Crippen LogP contribution in [0.4, 0.5) is 0 Å². The van der Waals surface area contributed by atoms with Gasteiger partial charge in [-0.3, -0.25) is 4.79 Å². The highest BCUT2D eigenvalue weighted by Crippen LogP contribution is 2.38. The van der Waals surface area contributed by atoms with E-state index in [-0.39, 0.29) is 0 Å². The van der Waals surface area contributed by atoms with E-state index in [0.717, 1.165) is 24.7 Å². The monoisotopic (exact) mass is 322 g/mol. The van der Waals surface area contributed by atoms with E-state index >= 15 is 0 Å². The maximum Gasteiger partial charge on any atom is 0.303 e. The summed E-state index contributed by atoms with van der Waals surface area (Å²) in [7, 11) is 0. The van der Waals surface area contributed by atoms with Crippen molar-refractivity contribution in [1.82, 2.24) is 0 Å². The van der Waals surface area contributed by atoms with Crippen LogP contribution in [0.15, 0.2) is 12.7 Å². The molecule has 1 rings (SSSR count). The molecule has 1 aliphatic rings. The Morgan fingerprint density at radius 1 is 0.870 bits per heavy atom. The van der Waals surface area contributed by atoms with Crippen molar-refractivity contribution in [3.63, 3.8) is 0 Å². The van der Waals surface area contributed by atoms with Crippen molar-refractivity contribution in [2.45, 2.75) is 103 Å². The largest absolute Gasteiger partial charge is 0.481 e. The second-order valence-electron chi connectivity index (χ2n) is 7.43. The molecule has 0 spiro atoms. The van der Waals surface area contributed by atoms with Gasteiger partial charge in [0.1, 0.15) is 0 Å². The first-order valence-electron chi connectivity index (χ1n) is 10.1. The topological polar surface area (TPSA) is 37.3 Å². The van der Waals surface area contributed by atoms with Crippen LogP contribution >= 0.6 is 0 Å². The van der Waals surface area contributed by atoms with Gasteiger partial charge >= 0.3 is 5.97 Å². The minimum Gasteiger partial charge on any atom is -0.481 e. The number of hydrogen-bond acceptors (Lipinski definition) is 1. The molecule has 0 aromatic carbocycles. The van der Waals surface area contributed by atoms with Crippen molar-refractivity contribution in [2.75, 3.05) is 0 Å². The molecule has 1 fully saturated rings. The van der Waals surface area contributed by atoms with Crippen molar-refractivity contribution in [3.8, 4) is 0 Å². The Labute approximate surface area is 143 Å². The van der Waals surface area contributed by atoms with Crippen molar-refractivity contribution in [3.05, 3.63) is 12.7 Å². The lowest BCUT2D eigenvalue weighted by atomic mass is 9.86. The van der Waals surface area contributed by atoms with Crippen LogP contribution in [0.25, 0.3) is 0 Å². The minimum atomic E-state index is -0.648. The van der Waals surface area contributed by atoms with E-state index in [1.54, 1.807) is 0 Å². The summed E-state index contributed by atoms with van der Waals surface area (Å²) in [4.78, 5) is 10.5. The molecule has 0 aliphatic heterocycles. The van der Waals surface area contributed by atoms with Gasteiger partial charge in [-0.1, -0.05) is 83.1 Å². The van der Waals surface area contributed by atoms with Crippen molar-refractivity contribution >= 4 is 5.97 Å². The van der Waals surface area contributed by atoms with E-state index < -0.39 is 5.97 Å². The summed E-state index contributed by atoms with van der Waals surface area (Å²) >= 11 is 0. The Kier molecular flexibility index (Phi) is 12.0. The van der Waals surface area contributed by atoms with Gasteiger partial charge in [-0.2, -0.15) is 0 Å². The van der Waals surface area contributed by atoms with E-state index in [1.807, 2.05) is 6.08 Å². The molecule has 0 aromatic heterocycles. The molecule has 134 valence electrons. The van der Waals surface area contributed by atoms with Crippen LogP contribution in [-0.4, -0.2) is 11.1 Å². The van der Waals surface area contributed by atoms with Crippen LogP contribution in [0.2, 0.25) is 0 Å². The number of hydrogen-bond donors (Lipinski definition) is 1. The first-order valence-corrected chi connectivity index (χ1v) is 10.1. The van der Waals surface area contributed by atoms with E-state index in [0.29, 0.717) is 6.42 Å². The van der Waals surface area contributed by atoms with Crippen LogP contribution in [-0.2, 0) is 4.79 Å². The minimum absolute atomic E-state index is 0.346. The molecule has 0 amide bonds. The zero-order valence-corrected chi connectivity index (χ0v) is 15.1. The predicted octanol–water partition coefficient (Wildman–Crippen LogP) is 6.74. The fourth-order valence-electron chi connectivity index (χ4n) is 4.14. The number of unbranched alkanes of at least 4 members (excludes halogenated alkanes) is 8.